The first-order chi connectivity index (χ1) is 14.6. The van der Waals surface area contributed by atoms with Gasteiger partial charge in [0.1, 0.15) is 0 Å². The third kappa shape index (κ3) is 5.82. The number of carbonyl (C=O) groups is 1. The first-order valence-electron chi connectivity index (χ1n) is 8.95. The Morgan fingerprint density at radius 1 is 1.19 bits per heavy atom. The Morgan fingerprint density at radius 3 is 2.35 bits per heavy atom. The van der Waals surface area contributed by atoms with Crippen LogP contribution in [0.5, 0.6) is 0 Å². The van der Waals surface area contributed by atoms with Crippen molar-refractivity contribution in [2.75, 3.05) is 18.1 Å². The average molecular weight is 455 g/mol. The molecule has 2 unspecified atom stereocenters. The van der Waals surface area contributed by atoms with Gasteiger partial charge in [0.05, 0.1) is 28.3 Å². The van der Waals surface area contributed by atoms with Crippen molar-refractivity contribution in [3.63, 3.8) is 0 Å². The lowest BCUT2D eigenvalue weighted by Gasteiger charge is -2.21. The van der Waals surface area contributed by atoms with E-state index in [0.29, 0.717) is 10.6 Å². The second-order valence-corrected chi connectivity index (χ2v) is 7.23. The Balaban J connectivity index is 0.00000107. The van der Waals surface area contributed by atoms with Gasteiger partial charge < -0.3 is 5.32 Å². The Bertz CT molecular complexity index is 1000. The zero-order valence-electron chi connectivity index (χ0n) is 16.5. The highest BCUT2D eigenvalue weighted by Gasteiger charge is 2.39. The maximum atomic E-state index is 13.9. The summed E-state index contributed by atoms with van der Waals surface area (Å²) in [5, 5.41) is 10.2. The standard InChI is InChI=1S/C19H15F5N2OS.C2H3N/c1-28-18-15(17(27)26-14-4-2-3-13(20)16(14)21)12(9-25-18)10-5-7-11(8-6-10)19(22,23)24;1-2-3/h2-8,12,15H,9H2,1H3,(H,26,27);1H3. The Kier molecular flexibility index (Phi) is 8.16. The molecule has 3 rings (SSSR count). The van der Waals surface area contributed by atoms with Crippen LogP contribution in [-0.4, -0.2) is 23.8 Å². The molecule has 1 heterocycles. The predicted octanol–water partition coefficient (Wildman–Crippen LogP) is 5.63. The van der Waals surface area contributed by atoms with E-state index in [4.69, 9.17) is 5.26 Å². The highest BCUT2D eigenvalue weighted by atomic mass is 32.2. The minimum Gasteiger partial charge on any atom is -0.323 e. The van der Waals surface area contributed by atoms with Crippen molar-refractivity contribution in [1.82, 2.24) is 0 Å². The van der Waals surface area contributed by atoms with Crippen LogP contribution < -0.4 is 5.32 Å². The Labute approximate surface area is 180 Å². The number of rotatable bonds is 3. The monoisotopic (exact) mass is 455 g/mol. The maximum absolute atomic E-state index is 13.9. The molecule has 0 saturated heterocycles. The van der Waals surface area contributed by atoms with Gasteiger partial charge in [0.15, 0.2) is 11.6 Å². The SMILES string of the molecule is CC#N.CSC1=NCC(c2ccc(C(F)(F)F)cc2)C1C(=O)Nc1cccc(F)c1F. The first-order valence-corrected chi connectivity index (χ1v) is 10.2. The summed E-state index contributed by atoms with van der Waals surface area (Å²) in [6, 6.07) is 9.71. The van der Waals surface area contributed by atoms with Gasteiger partial charge in [-0.05, 0) is 36.1 Å². The fourth-order valence-corrected chi connectivity index (χ4v) is 3.81. The minimum absolute atomic E-state index is 0.214. The average Bonchev–Trinajstić information content (AvgIpc) is 3.16. The highest BCUT2D eigenvalue weighted by molar-refractivity contribution is 8.13. The van der Waals surface area contributed by atoms with Crippen LogP contribution in [0, 0.1) is 28.9 Å². The van der Waals surface area contributed by atoms with Gasteiger partial charge in [0.25, 0.3) is 0 Å². The van der Waals surface area contributed by atoms with Crippen LogP contribution in [0.1, 0.15) is 24.0 Å². The van der Waals surface area contributed by atoms with Crippen LogP contribution in [0.2, 0.25) is 0 Å². The molecule has 2 aromatic carbocycles. The molecule has 2 atom stereocenters. The summed E-state index contributed by atoms with van der Waals surface area (Å²) in [6.07, 6.45) is -2.74. The molecular weight excluding hydrogens is 437 g/mol. The molecule has 1 aliphatic heterocycles. The fraction of sp³-hybridized carbons (Fsp3) is 0.286. The normalized spacial score (nSPS) is 17.8. The molecule has 2 aromatic rings. The number of carbonyl (C=O) groups excluding carboxylic acids is 1. The first kappa shape index (κ1) is 24.3. The zero-order valence-corrected chi connectivity index (χ0v) is 17.3. The molecule has 1 aliphatic rings. The number of nitriles is 1. The molecular formula is C21H18F5N3OS. The molecule has 1 N–H and O–H groups in total. The van der Waals surface area contributed by atoms with Crippen molar-refractivity contribution in [3.8, 4) is 6.07 Å². The van der Waals surface area contributed by atoms with Crippen LogP contribution in [0.25, 0.3) is 0 Å². The minimum atomic E-state index is -4.46. The molecule has 31 heavy (non-hydrogen) atoms. The number of anilines is 1. The van der Waals surface area contributed by atoms with Crippen molar-refractivity contribution in [2.24, 2.45) is 10.9 Å². The molecule has 0 aromatic heterocycles. The van der Waals surface area contributed by atoms with Gasteiger partial charge in [0, 0.05) is 19.4 Å². The third-order valence-electron chi connectivity index (χ3n) is 4.48. The number of halogens is 5. The van der Waals surface area contributed by atoms with E-state index in [9.17, 15) is 26.7 Å². The van der Waals surface area contributed by atoms with Gasteiger partial charge in [0.2, 0.25) is 5.91 Å². The molecule has 0 radical (unpaired) electrons. The number of alkyl halides is 3. The number of hydrogen-bond acceptors (Lipinski definition) is 4. The third-order valence-corrected chi connectivity index (χ3v) is 5.28. The van der Waals surface area contributed by atoms with E-state index in [0.717, 1.165) is 18.2 Å². The summed E-state index contributed by atoms with van der Waals surface area (Å²) in [5.41, 5.74) is -0.577. The molecule has 0 aliphatic carbocycles. The van der Waals surface area contributed by atoms with Crippen LogP contribution in [0.15, 0.2) is 47.5 Å². The molecule has 0 fully saturated rings. The van der Waals surface area contributed by atoms with Gasteiger partial charge in [-0.25, -0.2) is 8.78 Å². The second kappa shape index (κ2) is 10.4. The van der Waals surface area contributed by atoms with Crippen molar-refractivity contribution < 1.29 is 26.7 Å². The number of nitrogens with one attached hydrogen (secondary N) is 1. The molecule has 0 saturated carbocycles. The predicted molar refractivity (Wildman–Crippen MR) is 110 cm³/mol. The number of hydrogen-bond donors (Lipinski definition) is 1. The van der Waals surface area contributed by atoms with Gasteiger partial charge in [-0.1, -0.05) is 18.2 Å². The molecule has 0 spiro atoms. The molecule has 10 heteroatoms. The molecule has 4 nitrogen and oxygen atoms in total. The van der Waals surface area contributed by atoms with E-state index >= 15 is 0 Å². The highest BCUT2D eigenvalue weighted by Crippen LogP contribution is 2.37. The van der Waals surface area contributed by atoms with E-state index in [1.807, 2.05) is 0 Å². The second-order valence-electron chi connectivity index (χ2n) is 6.40. The van der Waals surface area contributed by atoms with E-state index in [1.54, 1.807) is 12.3 Å². The lowest BCUT2D eigenvalue weighted by atomic mass is 9.87. The molecule has 1 amide bonds. The Hall–Kier alpha value is -2.93. The largest absolute Gasteiger partial charge is 0.416 e. The van der Waals surface area contributed by atoms with Crippen molar-refractivity contribution in [1.29, 1.82) is 5.26 Å². The lowest BCUT2D eigenvalue weighted by molar-refractivity contribution is -0.137. The number of thioether (sulfide) groups is 1. The Morgan fingerprint density at radius 2 is 1.81 bits per heavy atom. The quantitative estimate of drug-likeness (QED) is 0.611. The topological polar surface area (TPSA) is 65.2 Å². The van der Waals surface area contributed by atoms with Crippen molar-refractivity contribution >= 4 is 28.4 Å². The van der Waals surface area contributed by atoms with Crippen molar-refractivity contribution in [2.45, 2.75) is 19.0 Å². The van der Waals surface area contributed by atoms with Crippen LogP contribution in [-0.2, 0) is 11.0 Å². The number of aliphatic imine (C=N–C) groups is 1. The summed E-state index contributed by atoms with van der Waals surface area (Å²) >= 11 is 1.23. The summed E-state index contributed by atoms with van der Waals surface area (Å²) in [4.78, 5) is 17.1. The van der Waals surface area contributed by atoms with E-state index in [2.05, 4.69) is 10.3 Å². The van der Waals surface area contributed by atoms with E-state index in [-0.39, 0.29) is 12.2 Å². The van der Waals surface area contributed by atoms with Crippen LogP contribution >= 0.6 is 11.8 Å². The summed E-state index contributed by atoms with van der Waals surface area (Å²) < 4.78 is 65.6. The number of amides is 1. The van der Waals surface area contributed by atoms with E-state index in [1.165, 1.54) is 43.0 Å². The van der Waals surface area contributed by atoms with Gasteiger partial charge in [-0.15, -0.1) is 11.8 Å². The maximum Gasteiger partial charge on any atom is 0.416 e. The van der Waals surface area contributed by atoms with Gasteiger partial charge in [-0.3, -0.25) is 9.79 Å². The summed E-state index contributed by atoms with van der Waals surface area (Å²) in [7, 11) is 0. The zero-order chi connectivity index (χ0) is 23.2. The van der Waals surface area contributed by atoms with Gasteiger partial charge >= 0.3 is 6.18 Å². The lowest BCUT2D eigenvalue weighted by Crippen LogP contribution is -2.31. The smallest absolute Gasteiger partial charge is 0.323 e. The molecule has 164 valence electrons. The van der Waals surface area contributed by atoms with Crippen LogP contribution in [0.4, 0.5) is 27.6 Å². The van der Waals surface area contributed by atoms with E-state index < -0.39 is 41.1 Å². The number of benzene rings is 2. The number of nitrogens with zero attached hydrogens (tertiary/aromatic N) is 2. The fourth-order valence-electron chi connectivity index (χ4n) is 3.08. The van der Waals surface area contributed by atoms with Crippen LogP contribution in [0.3, 0.4) is 0 Å². The van der Waals surface area contributed by atoms with Gasteiger partial charge in [-0.2, -0.15) is 18.4 Å². The summed E-state index contributed by atoms with van der Waals surface area (Å²) in [6.45, 7) is 1.64. The summed E-state index contributed by atoms with van der Waals surface area (Å²) in [5.74, 6) is -4.18. The molecule has 0 bridgehead atoms. The van der Waals surface area contributed by atoms with Crippen molar-refractivity contribution in [3.05, 3.63) is 65.2 Å².